The summed E-state index contributed by atoms with van der Waals surface area (Å²) in [5, 5.41) is 43.9. The third-order valence-electron chi connectivity index (χ3n) is 4.45. The minimum Gasteiger partial charge on any atom is -0.550 e. The fourth-order valence-electron chi connectivity index (χ4n) is 3.52. The molecule has 0 aliphatic carbocycles. The van der Waals surface area contributed by atoms with Gasteiger partial charge in [0.2, 0.25) is 0 Å². The maximum Gasteiger partial charge on any atom is 0.151 e. The lowest BCUT2D eigenvalue weighted by Crippen LogP contribution is -2.64. The summed E-state index contributed by atoms with van der Waals surface area (Å²) in [5.41, 5.74) is -4.62. The molecule has 0 radical (unpaired) electrons. The van der Waals surface area contributed by atoms with Crippen LogP contribution in [0, 0.1) is 11.3 Å². The van der Waals surface area contributed by atoms with Crippen molar-refractivity contribution in [2.45, 2.75) is 71.3 Å². The van der Waals surface area contributed by atoms with Crippen LogP contribution in [0.4, 0.5) is 0 Å². The van der Waals surface area contributed by atoms with Crippen LogP contribution in [0.2, 0.25) is 0 Å². The lowest BCUT2D eigenvalue weighted by atomic mass is 9.65. The van der Waals surface area contributed by atoms with Gasteiger partial charge in [-0.2, -0.15) is 0 Å². The molecule has 0 saturated carbocycles. The summed E-state index contributed by atoms with van der Waals surface area (Å²) in [4.78, 5) is 46.7. The molecule has 0 saturated heterocycles. The Balaban J connectivity index is 6.27. The molecular formula is C17H25O8-3. The normalized spacial score (nSPS) is 15.2. The van der Waals surface area contributed by atoms with E-state index in [1.165, 1.54) is 0 Å². The number of aliphatic carboxylic acids is 3. The molecular weight excluding hydrogens is 332 g/mol. The van der Waals surface area contributed by atoms with Gasteiger partial charge in [0.15, 0.2) is 5.78 Å². The van der Waals surface area contributed by atoms with E-state index < -0.39 is 47.0 Å². The van der Waals surface area contributed by atoms with Gasteiger partial charge in [0.1, 0.15) is 5.60 Å². The maximum absolute atomic E-state index is 13.0. The Morgan fingerprint density at radius 1 is 0.880 bits per heavy atom. The van der Waals surface area contributed by atoms with Crippen LogP contribution in [0.1, 0.15) is 65.7 Å². The van der Waals surface area contributed by atoms with Gasteiger partial charge in [0, 0.05) is 17.8 Å². The van der Waals surface area contributed by atoms with Gasteiger partial charge in [0.25, 0.3) is 0 Å². The molecule has 0 aromatic rings. The molecule has 25 heavy (non-hydrogen) atoms. The van der Waals surface area contributed by atoms with Crippen molar-refractivity contribution in [1.29, 1.82) is 0 Å². The van der Waals surface area contributed by atoms with Gasteiger partial charge in [-0.1, -0.05) is 40.0 Å². The summed E-state index contributed by atoms with van der Waals surface area (Å²) in [6.07, 6.45) is 0.838. The van der Waals surface area contributed by atoms with Crippen LogP contribution in [-0.4, -0.2) is 34.4 Å². The van der Waals surface area contributed by atoms with Gasteiger partial charge in [-0.05, 0) is 19.3 Å². The second kappa shape index (κ2) is 9.50. The zero-order chi connectivity index (χ0) is 19.8. The Bertz CT molecular complexity index is 496. The van der Waals surface area contributed by atoms with Crippen LogP contribution in [-0.2, 0) is 19.2 Å². The Morgan fingerprint density at radius 2 is 1.28 bits per heavy atom. The topological polar surface area (TPSA) is 158 Å². The minimum absolute atomic E-state index is 0.283. The molecule has 2 atom stereocenters. The molecule has 1 N–H and O–H groups in total. The molecule has 144 valence electrons. The molecule has 8 nitrogen and oxygen atoms in total. The number of hydrogen-bond donors (Lipinski definition) is 1. The van der Waals surface area contributed by atoms with Gasteiger partial charge >= 0.3 is 0 Å². The molecule has 0 fully saturated rings. The van der Waals surface area contributed by atoms with E-state index in [2.05, 4.69) is 0 Å². The summed E-state index contributed by atoms with van der Waals surface area (Å²) in [6.45, 7) is 5.36. The van der Waals surface area contributed by atoms with Crippen molar-refractivity contribution in [3.63, 3.8) is 0 Å². The van der Waals surface area contributed by atoms with E-state index in [9.17, 15) is 39.6 Å². The summed E-state index contributed by atoms with van der Waals surface area (Å²) in [5.74, 6) is -10.1. The average molecular weight is 357 g/mol. The molecule has 2 unspecified atom stereocenters. The Labute approximate surface area is 146 Å². The van der Waals surface area contributed by atoms with Crippen molar-refractivity contribution in [2.75, 3.05) is 0 Å². The molecule has 0 aromatic heterocycles. The summed E-state index contributed by atoms with van der Waals surface area (Å²) < 4.78 is 0. The Kier molecular flexibility index (Phi) is 8.76. The molecule has 0 spiro atoms. The first-order valence-corrected chi connectivity index (χ1v) is 8.41. The predicted octanol–water partition coefficient (Wildman–Crippen LogP) is -2.07. The lowest BCUT2D eigenvalue weighted by molar-refractivity contribution is -0.345. The Hall–Kier alpha value is -1.96. The third kappa shape index (κ3) is 5.26. The number of carbonyl (C=O) groups is 4. The van der Waals surface area contributed by atoms with E-state index in [1.54, 1.807) is 20.8 Å². The average Bonchev–Trinajstić information content (AvgIpc) is 2.46. The van der Waals surface area contributed by atoms with E-state index in [0.29, 0.717) is 19.3 Å². The van der Waals surface area contributed by atoms with Crippen LogP contribution in [0.5, 0.6) is 0 Å². The van der Waals surface area contributed by atoms with E-state index in [1.807, 2.05) is 0 Å². The van der Waals surface area contributed by atoms with Crippen LogP contribution >= 0.6 is 0 Å². The monoisotopic (exact) mass is 357 g/mol. The minimum atomic E-state index is -3.44. The number of carboxylic acids is 3. The van der Waals surface area contributed by atoms with Gasteiger partial charge in [-0.15, -0.1) is 0 Å². The standard InChI is InChI=1S/C17H28O8/c1-4-7-16(8-5-2,9-6-3)13(20)12(14(21)22)17(25,15(23)24)10-11(18)19/h12,25H,4-10H2,1-3H3,(H,18,19)(H,21,22)(H,23,24)/p-3. The van der Waals surface area contributed by atoms with Crippen molar-refractivity contribution in [3.05, 3.63) is 0 Å². The van der Waals surface area contributed by atoms with E-state index >= 15 is 0 Å². The molecule has 8 heteroatoms. The highest BCUT2D eigenvalue weighted by atomic mass is 16.4. The second-order valence-corrected chi connectivity index (χ2v) is 6.41. The molecule has 0 aromatic carbocycles. The van der Waals surface area contributed by atoms with E-state index in [0.717, 1.165) is 0 Å². The van der Waals surface area contributed by atoms with Crippen LogP contribution in [0.3, 0.4) is 0 Å². The van der Waals surface area contributed by atoms with Crippen LogP contribution in [0.25, 0.3) is 0 Å². The lowest BCUT2D eigenvalue weighted by Gasteiger charge is -2.43. The summed E-state index contributed by atoms with van der Waals surface area (Å²) in [6, 6.07) is 0. The van der Waals surface area contributed by atoms with Crippen molar-refractivity contribution in [1.82, 2.24) is 0 Å². The number of aliphatic hydroxyl groups is 1. The van der Waals surface area contributed by atoms with Gasteiger partial charge < -0.3 is 34.8 Å². The molecule has 0 amide bonds. The van der Waals surface area contributed by atoms with Crippen LogP contribution < -0.4 is 15.3 Å². The van der Waals surface area contributed by atoms with E-state index in [4.69, 9.17) is 0 Å². The summed E-state index contributed by atoms with van der Waals surface area (Å²) in [7, 11) is 0. The zero-order valence-corrected chi connectivity index (χ0v) is 14.8. The first kappa shape index (κ1) is 23.0. The molecule has 0 bridgehead atoms. The van der Waals surface area contributed by atoms with Crippen molar-refractivity contribution in [2.24, 2.45) is 11.3 Å². The van der Waals surface area contributed by atoms with Crippen molar-refractivity contribution in [3.8, 4) is 0 Å². The second-order valence-electron chi connectivity index (χ2n) is 6.41. The summed E-state index contributed by atoms with van der Waals surface area (Å²) >= 11 is 0. The fraction of sp³-hybridized carbons (Fsp3) is 0.765. The first-order valence-electron chi connectivity index (χ1n) is 8.41. The highest BCUT2D eigenvalue weighted by molar-refractivity contribution is 6.06. The van der Waals surface area contributed by atoms with Gasteiger partial charge in [-0.25, -0.2) is 0 Å². The third-order valence-corrected chi connectivity index (χ3v) is 4.45. The highest BCUT2D eigenvalue weighted by Gasteiger charge is 2.50. The highest BCUT2D eigenvalue weighted by Crippen LogP contribution is 2.41. The first-order chi connectivity index (χ1) is 11.5. The molecule has 0 heterocycles. The SMILES string of the molecule is CCCC(CCC)(CCC)C(=O)C(C(=O)[O-])C(O)(CC(=O)[O-])C(=O)[O-]. The molecule has 0 rings (SSSR count). The predicted molar refractivity (Wildman–Crippen MR) is 80.2 cm³/mol. The number of rotatable bonds is 13. The quantitative estimate of drug-likeness (QED) is 0.368. The van der Waals surface area contributed by atoms with Crippen molar-refractivity contribution < 1.29 is 39.6 Å². The zero-order valence-electron chi connectivity index (χ0n) is 14.8. The maximum atomic E-state index is 13.0. The number of ketones is 1. The van der Waals surface area contributed by atoms with Gasteiger partial charge in [-0.3, -0.25) is 4.79 Å². The molecule has 0 aliphatic rings. The van der Waals surface area contributed by atoms with Crippen LogP contribution in [0.15, 0.2) is 0 Å². The fourth-order valence-corrected chi connectivity index (χ4v) is 3.52. The number of carboxylic acid groups (broad SMARTS) is 3. The number of carbonyl (C=O) groups excluding carboxylic acids is 4. The number of hydrogen-bond acceptors (Lipinski definition) is 8. The molecule has 0 aliphatic heterocycles. The van der Waals surface area contributed by atoms with E-state index in [-0.39, 0.29) is 19.3 Å². The Morgan fingerprint density at radius 3 is 1.52 bits per heavy atom. The largest absolute Gasteiger partial charge is 0.550 e. The smallest absolute Gasteiger partial charge is 0.151 e. The van der Waals surface area contributed by atoms with Gasteiger partial charge in [0.05, 0.1) is 17.9 Å². The van der Waals surface area contributed by atoms with Crippen molar-refractivity contribution >= 4 is 23.7 Å². The number of Topliss-reactive ketones (excluding diaryl/α,β-unsaturated/α-hetero) is 1.